The Kier molecular flexibility index (Phi) is 10.4. The number of amides is 2. The van der Waals surface area contributed by atoms with Gasteiger partial charge in [-0.15, -0.1) is 0 Å². The van der Waals surface area contributed by atoms with Crippen LogP contribution in [0.3, 0.4) is 0 Å². The summed E-state index contributed by atoms with van der Waals surface area (Å²) >= 11 is 0. The number of nitrogens with one attached hydrogen (secondary N) is 1. The summed E-state index contributed by atoms with van der Waals surface area (Å²) in [6.07, 6.45) is 19.8. The van der Waals surface area contributed by atoms with Gasteiger partial charge in [0, 0.05) is 29.1 Å². The summed E-state index contributed by atoms with van der Waals surface area (Å²) in [7, 11) is 0. The second kappa shape index (κ2) is 14.9. The molecule has 0 saturated heterocycles. The maximum Gasteiger partial charge on any atom is 0.321 e. The lowest BCUT2D eigenvalue weighted by Crippen LogP contribution is -2.58. The molecule has 2 aromatic carbocycles. The Morgan fingerprint density at radius 2 is 1.57 bits per heavy atom. The highest BCUT2D eigenvalue weighted by atomic mass is 16.3. The van der Waals surface area contributed by atoms with Gasteiger partial charge in [-0.2, -0.15) is 0 Å². The van der Waals surface area contributed by atoms with E-state index in [0.29, 0.717) is 32.4 Å². The quantitative estimate of drug-likeness (QED) is 0.196. The minimum Gasteiger partial charge on any atom is -0.393 e. The first kappa shape index (κ1) is 37.0. The lowest BCUT2D eigenvalue weighted by Gasteiger charge is -2.58. The summed E-state index contributed by atoms with van der Waals surface area (Å²) < 4.78 is 0. The monoisotopic (exact) mass is 720 g/mol. The van der Waals surface area contributed by atoms with E-state index in [1.54, 1.807) is 0 Å². The molecule has 6 nitrogen and oxygen atoms in total. The highest BCUT2D eigenvalue weighted by molar-refractivity contribution is 5.99. The average Bonchev–Trinajstić information content (AvgIpc) is 3.38. The number of Topliss-reactive ketones (excluding diaryl/α,β-unsaturated/α-hetero) is 1. The van der Waals surface area contributed by atoms with Crippen LogP contribution in [0.25, 0.3) is 0 Å². The number of carbonyl (C=O) groups is 2. The van der Waals surface area contributed by atoms with Gasteiger partial charge in [-0.05, 0) is 162 Å². The molecule has 53 heavy (non-hydrogen) atoms. The fourth-order valence-corrected chi connectivity index (χ4v) is 12.9. The van der Waals surface area contributed by atoms with Crippen molar-refractivity contribution in [3.8, 4) is 0 Å². The molecule has 0 aliphatic heterocycles. The molecule has 6 heteroatoms. The number of anilines is 1. The number of aliphatic hydroxyl groups is 2. The number of allylic oxidation sites excluding steroid dienone is 2. The zero-order valence-corrected chi connectivity index (χ0v) is 32.5. The van der Waals surface area contributed by atoms with E-state index in [9.17, 15) is 19.8 Å². The Bertz CT molecular complexity index is 1640. The smallest absolute Gasteiger partial charge is 0.321 e. The number of urea groups is 1. The number of para-hydroxylation sites is 1. The van der Waals surface area contributed by atoms with Crippen LogP contribution in [-0.2, 0) is 6.42 Å². The minimum atomic E-state index is -1.13. The predicted molar refractivity (Wildman–Crippen MR) is 212 cm³/mol. The normalized spacial score (nSPS) is 35.7. The molecule has 6 saturated carbocycles. The summed E-state index contributed by atoms with van der Waals surface area (Å²) in [5.41, 5.74) is 3.39. The second-order valence-electron chi connectivity index (χ2n) is 19.2. The third-order valence-electron chi connectivity index (χ3n) is 15.4. The molecule has 0 heterocycles. The fraction of sp³-hybridized carbons (Fsp3) is 0.660. The molecule has 10 rings (SSSR count). The molecule has 8 aliphatic carbocycles. The maximum absolute atomic E-state index is 14.5. The van der Waals surface area contributed by atoms with E-state index in [4.69, 9.17) is 0 Å². The van der Waals surface area contributed by atoms with Crippen molar-refractivity contribution in [1.29, 1.82) is 0 Å². The number of hydrogen-bond donors (Lipinski definition) is 3. The molecular weight excluding hydrogens is 657 g/mol. The predicted octanol–water partition coefficient (Wildman–Crippen LogP) is 10.2. The van der Waals surface area contributed by atoms with E-state index in [2.05, 4.69) is 43.4 Å². The molecule has 3 N–H and O–H groups in total. The summed E-state index contributed by atoms with van der Waals surface area (Å²) in [6, 6.07) is 16.1. The SMILES string of the molecule is CC1=CCC[C@@]2(C)[C@@H](CC[C@@]2(O)CN(CC23CC4CC(CC(C4)C2)C3)C(=O)Nc2ccccc2)c2ccc(cc2C(=O)C2CCCCC2)C[C@@H](O)CC1. The topological polar surface area (TPSA) is 89.9 Å². The first-order chi connectivity index (χ1) is 25.5. The summed E-state index contributed by atoms with van der Waals surface area (Å²) in [4.78, 5) is 31.1. The van der Waals surface area contributed by atoms with Gasteiger partial charge in [0.05, 0.1) is 18.2 Å². The third-order valence-corrected chi connectivity index (χ3v) is 15.4. The van der Waals surface area contributed by atoms with Crippen LogP contribution in [0.4, 0.5) is 10.5 Å². The number of ketones is 1. The van der Waals surface area contributed by atoms with Gasteiger partial charge in [0.25, 0.3) is 0 Å². The van der Waals surface area contributed by atoms with Crippen LogP contribution in [0, 0.1) is 34.5 Å². The van der Waals surface area contributed by atoms with Crippen molar-refractivity contribution in [1.82, 2.24) is 4.90 Å². The maximum atomic E-state index is 14.5. The number of benzene rings is 2. The first-order valence-electron chi connectivity index (χ1n) is 21.4. The van der Waals surface area contributed by atoms with Crippen LogP contribution in [0.1, 0.15) is 150 Å². The number of nitrogens with zero attached hydrogens (tertiary/aromatic N) is 1. The van der Waals surface area contributed by atoms with Crippen LogP contribution in [0.15, 0.2) is 60.2 Å². The van der Waals surface area contributed by atoms with E-state index < -0.39 is 17.1 Å². The lowest BCUT2D eigenvalue weighted by molar-refractivity contribution is -0.0975. The molecule has 4 atom stereocenters. The van der Waals surface area contributed by atoms with Gasteiger partial charge in [-0.1, -0.05) is 68.2 Å². The number of hydrogen-bond acceptors (Lipinski definition) is 4. The van der Waals surface area contributed by atoms with E-state index in [1.807, 2.05) is 35.2 Å². The van der Waals surface area contributed by atoms with Gasteiger partial charge in [0.2, 0.25) is 0 Å². The Morgan fingerprint density at radius 3 is 2.26 bits per heavy atom. The third kappa shape index (κ3) is 7.53. The van der Waals surface area contributed by atoms with Gasteiger partial charge in [0.15, 0.2) is 5.78 Å². The molecule has 0 radical (unpaired) electrons. The zero-order chi connectivity index (χ0) is 36.8. The molecule has 2 amide bonds. The van der Waals surface area contributed by atoms with Crippen molar-refractivity contribution in [2.75, 3.05) is 18.4 Å². The number of carbonyl (C=O) groups excluding carboxylic acids is 2. The van der Waals surface area contributed by atoms with Crippen LogP contribution in [0.2, 0.25) is 0 Å². The van der Waals surface area contributed by atoms with Gasteiger partial charge < -0.3 is 20.4 Å². The molecule has 6 bridgehead atoms. The van der Waals surface area contributed by atoms with Crippen LogP contribution in [-0.4, -0.2) is 51.7 Å². The highest BCUT2D eigenvalue weighted by Gasteiger charge is 2.59. The van der Waals surface area contributed by atoms with Gasteiger partial charge >= 0.3 is 6.03 Å². The number of rotatable bonds is 7. The van der Waals surface area contributed by atoms with E-state index in [0.717, 1.165) is 91.5 Å². The largest absolute Gasteiger partial charge is 0.393 e. The van der Waals surface area contributed by atoms with Crippen molar-refractivity contribution in [3.05, 3.63) is 76.9 Å². The molecule has 0 spiro atoms. The lowest BCUT2D eigenvalue weighted by atomic mass is 9.49. The Hall–Kier alpha value is -2.96. The van der Waals surface area contributed by atoms with Gasteiger partial charge in [-0.25, -0.2) is 4.79 Å². The molecule has 2 aromatic rings. The molecule has 6 fully saturated rings. The van der Waals surface area contributed by atoms with Crippen molar-refractivity contribution >= 4 is 17.5 Å². The Balaban J connectivity index is 1.16. The van der Waals surface area contributed by atoms with Gasteiger partial charge in [0.1, 0.15) is 0 Å². The van der Waals surface area contributed by atoms with E-state index in [-0.39, 0.29) is 29.1 Å². The van der Waals surface area contributed by atoms with Crippen LogP contribution >= 0.6 is 0 Å². The standard InChI is InChI=1S/C47H64N2O4/c1-32-10-9-20-45(2)42(40-18-16-33(25-39(50)17-15-32)26-41(40)43(51)37-11-5-3-6-12-37)19-21-47(45,53)31-49(44(52)48-38-13-7-4-8-14-38)30-46-27-34-22-35(28-46)24-36(23-34)29-46/h4,7-8,10,13-14,16,18,26,34-37,39,42,50,53H,3,5-6,9,11-12,15,17,19-25,27-31H2,1-2H3,(H,48,52)/t34?,35?,36?,39-,42-,45-,46?,47+/m0/s1. The van der Waals surface area contributed by atoms with E-state index >= 15 is 0 Å². The van der Waals surface area contributed by atoms with Crippen LogP contribution in [0.5, 0.6) is 0 Å². The molecule has 0 unspecified atom stereocenters. The van der Waals surface area contributed by atoms with Crippen molar-refractivity contribution in [2.45, 2.75) is 147 Å². The summed E-state index contributed by atoms with van der Waals surface area (Å²) in [6.45, 7) is 5.42. The van der Waals surface area contributed by atoms with Gasteiger partial charge in [-0.3, -0.25) is 4.79 Å². The Morgan fingerprint density at radius 1 is 0.868 bits per heavy atom. The van der Waals surface area contributed by atoms with E-state index in [1.165, 1.54) is 50.5 Å². The highest BCUT2D eigenvalue weighted by Crippen LogP contribution is 2.62. The first-order valence-corrected chi connectivity index (χ1v) is 21.4. The zero-order valence-electron chi connectivity index (χ0n) is 32.5. The summed E-state index contributed by atoms with van der Waals surface area (Å²) in [5.74, 6) is 2.59. The molecule has 0 aromatic heterocycles. The average molecular weight is 721 g/mol. The summed E-state index contributed by atoms with van der Waals surface area (Å²) in [5, 5.41) is 27.6. The number of fused-ring (bicyclic) bond motifs is 8. The molecular formula is C47H64N2O4. The van der Waals surface area contributed by atoms with Crippen molar-refractivity contribution in [2.24, 2.45) is 34.5 Å². The molecule has 286 valence electrons. The van der Waals surface area contributed by atoms with Crippen molar-refractivity contribution in [3.63, 3.8) is 0 Å². The minimum absolute atomic E-state index is 0.0238. The second-order valence-corrected chi connectivity index (χ2v) is 19.2. The Labute approximate surface area is 318 Å². The van der Waals surface area contributed by atoms with Crippen molar-refractivity contribution < 1.29 is 19.8 Å². The fourth-order valence-electron chi connectivity index (χ4n) is 12.9. The number of aliphatic hydroxyl groups excluding tert-OH is 1. The molecule has 8 aliphatic rings. The van der Waals surface area contributed by atoms with Crippen LogP contribution < -0.4 is 5.32 Å².